The molecule has 19 nitrogen and oxygen atoms in total. The molecule has 3 aromatic rings. The number of ether oxygens (including phenoxy) is 6. The molecule has 4 unspecified atom stereocenters. The summed E-state index contributed by atoms with van der Waals surface area (Å²) < 4.78 is 129. The van der Waals surface area contributed by atoms with Gasteiger partial charge in [0.05, 0.1) is 20.2 Å². The molecule has 338 valence electrons. The Morgan fingerprint density at radius 1 is 0.525 bits per heavy atom. The third-order valence-corrected chi connectivity index (χ3v) is 12.4. The molecule has 0 fully saturated rings. The summed E-state index contributed by atoms with van der Waals surface area (Å²) in [7, 11) is -13.6. The van der Waals surface area contributed by atoms with Crippen LogP contribution in [-0.2, 0) is 44.6 Å². The van der Waals surface area contributed by atoms with Crippen molar-refractivity contribution in [2.75, 3.05) is 0 Å². The number of nitrogens with two attached hydrogens (primary N) is 1. The van der Waals surface area contributed by atoms with Gasteiger partial charge in [-0.25, -0.2) is 14.4 Å². The predicted molar refractivity (Wildman–Crippen MR) is 216 cm³/mol. The van der Waals surface area contributed by atoms with E-state index in [1.54, 1.807) is 0 Å². The van der Waals surface area contributed by atoms with E-state index in [1.165, 1.54) is 20.8 Å². The first kappa shape index (κ1) is 50.5. The molecular formula is C39H51NO18S3. The van der Waals surface area contributed by atoms with Crippen LogP contribution in [-0.4, -0.2) is 81.2 Å². The van der Waals surface area contributed by atoms with Gasteiger partial charge in [0.1, 0.15) is 35.6 Å². The topological polar surface area (TPSA) is 296 Å². The molecule has 0 aliphatic heterocycles. The van der Waals surface area contributed by atoms with Crippen molar-refractivity contribution in [2.24, 2.45) is 11.7 Å². The van der Waals surface area contributed by atoms with Crippen LogP contribution >= 0.6 is 0 Å². The molecule has 0 saturated carbocycles. The van der Waals surface area contributed by atoms with E-state index in [9.17, 15) is 53.3 Å². The maximum atomic E-state index is 13.2. The highest BCUT2D eigenvalue weighted by atomic mass is 32.2. The number of hydrogen-bond donors (Lipinski definition) is 4. The third kappa shape index (κ3) is 15.9. The van der Waals surface area contributed by atoms with E-state index in [1.807, 2.05) is 0 Å². The van der Waals surface area contributed by atoms with Gasteiger partial charge in [-0.3, -0.25) is 13.7 Å². The number of carbonyl (C=O) groups excluding carboxylic acids is 3. The van der Waals surface area contributed by atoms with Crippen LogP contribution in [0.15, 0.2) is 87.5 Å². The molecule has 3 rings (SSSR count). The normalized spacial score (nSPS) is 15.0. The zero-order valence-corrected chi connectivity index (χ0v) is 36.3. The smallest absolute Gasteiger partial charge is 0.431 e. The van der Waals surface area contributed by atoms with Crippen LogP contribution in [0.1, 0.15) is 85.5 Å². The van der Waals surface area contributed by atoms with E-state index in [-0.39, 0.29) is 23.7 Å². The van der Waals surface area contributed by atoms with E-state index in [4.69, 9.17) is 34.2 Å². The standard InChI is InChI=1S/C39H51NO18S3/c1-5-6-7-8-9-10-11-12-13-35(26(2)53-36(41)56-29-14-20-32(21-15-29)59(44,45)46)39(40,27(3)54-37(42)57-30-16-22-33(23-17-30)60(47,48)49)28(4)55-38(43)58-31-18-24-34(25-19-31)61(50,51)52/h14-28,35H,5-13,40H2,1-4H3,(H,44,45,46)(H,47,48,49)(H,50,51,52). The van der Waals surface area contributed by atoms with Crippen LogP contribution in [0.2, 0.25) is 0 Å². The van der Waals surface area contributed by atoms with Crippen LogP contribution in [0.3, 0.4) is 0 Å². The van der Waals surface area contributed by atoms with E-state index in [0.717, 1.165) is 111 Å². The summed E-state index contributed by atoms with van der Waals surface area (Å²) in [5.41, 5.74) is 5.22. The van der Waals surface area contributed by atoms with Gasteiger partial charge in [-0.1, -0.05) is 58.3 Å². The molecule has 0 radical (unpaired) electrons. The van der Waals surface area contributed by atoms with E-state index in [0.29, 0.717) is 12.8 Å². The van der Waals surface area contributed by atoms with Crippen molar-refractivity contribution in [1.29, 1.82) is 0 Å². The lowest BCUT2D eigenvalue weighted by Crippen LogP contribution is -2.67. The number of benzene rings is 3. The van der Waals surface area contributed by atoms with Crippen LogP contribution in [0.4, 0.5) is 14.4 Å². The van der Waals surface area contributed by atoms with Crippen molar-refractivity contribution < 1.29 is 81.7 Å². The maximum Gasteiger partial charge on any atom is 0.514 e. The molecule has 4 atom stereocenters. The molecule has 0 aromatic heterocycles. The van der Waals surface area contributed by atoms with Crippen molar-refractivity contribution in [1.82, 2.24) is 0 Å². The van der Waals surface area contributed by atoms with Crippen molar-refractivity contribution in [3.63, 3.8) is 0 Å². The molecular weight excluding hydrogens is 867 g/mol. The molecule has 0 amide bonds. The van der Waals surface area contributed by atoms with Crippen LogP contribution in [0.5, 0.6) is 17.2 Å². The Morgan fingerprint density at radius 2 is 0.820 bits per heavy atom. The van der Waals surface area contributed by atoms with Gasteiger partial charge in [0, 0.05) is 5.92 Å². The van der Waals surface area contributed by atoms with Gasteiger partial charge in [-0.15, -0.1) is 0 Å². The molecule has 0 bridgehead atoms. The van der Waals surface area contributed by atoms with Crippen molar-refractivity contribution >= 4 is 48.8 Å². The van der Waals surface area contributed by atoms with E-state index in [2.05, 4.69) is 6.92 Å². The van der Waals surface area contributed by atoms with Gasteiger partial charge in [0.25, 0.3) is 30.4 Å². The first-order valence-electron chi connectivity index (χ1n) is 19.1. The Labute approximate surface area is 355 Å². The summed E-state index contributed by atoms with van der Waals surface area (Å²) in [5, 5.41) is 0. The Kier molecular flexibility index (Phi) is 18.5. The lowest BCUT2D eigenvalue weighted by atomic mass is 9.71. The van der Waals surface area contributed by atoms with Crippen LogP contribution < -0.4 is 19.9 Å². The Morgan fingerprint density at radius 3 is 1.13 bits per heavy atom. The molecule has 3 aromatic carbocycles. The minimum absolute atomic E-state index is 0.142. The SMILES string of the molecule is CCCCCCCCCCC(C(C)OC(=O)Oc1ccc(S(=O)(=O)O)cc1)C(N)(C(C)OC(=O)Oc1ccc(S(=O)(=O)O)cc1)C(C)OC(=O)Oc1ccc(S(=O)(=O)O)cc1. The highest BCUT2D eigenvalue weighted by molar-refractivity contribution is 7.86. The molecule has 0 aliphatic rings. The maximum absolute atomic E-state index is 13.2. The second-order valence-corrected chi connectivity index (χ2v) is 18.4. The summed E-state index contributed by atoms with van der Waals surface area (Å²) >= 11 is 0. The number of hydrogen-bond acceptors (Lipinski definition) is 16. The molecule has 61 heavy (non-hydrogen) atoms. The Hall–Kier alpha value is -4.84. The molecule has 0 aliphatic carbocycles. The van der Waals surface area contributed by atoms with Crippen molar-refractivity contribution in [3.05, 3.63) is 72.8 Å². The lowest BCUT2D eigenvalue weighted by molar-refractivity contribution is -0.0883. The van der Waals surface area contributed by atoms with Gasteiger partial charge in [0.15, 0.2) is 0 Å². The average Bonchev–Trinajstić information content (AvgIpc) is 3.16. The zero-order valence-electron chi connectivity index (χ0n) is 33.9. The van der Waals surface area contributed by atoms with E-state index >= 15 is 0 Å². The average molecular weight is 918 g/mol. The van der Waals surface area contributed by atoms with Crippen molar-refractivity contribution in [3.8, 4) is 17.2 Å². The fourth-order valence-electron chi connectivity index (χ4n) is 6.45. The fourth-order valence-corrected chi connectivity index (χ4v) is 7.89. The van der Waals surface area contributed by atoms with Crippen molar-refractivity contribution in [2.45, 2.75) is 124 Å². The van der Waals surface area contributed by atoms with Gasteiger partial charge in [0.2, 0.25) is 0 Å². The summed E-state index contributed by atoms with van der Waals surface area (Å²) in [6.07, 6.45) is -0.405. The quantitative estimate of drug-likeness (QED) is 0.0251. The first-order valence-corrected chi connectivity index (χ1v) is 23.4. The van der Waals surface area contributed by atoms with Gasteiger partial charge in [-0.2, -0.15) is 25.3 Å². The summed E-state index contributed by atoms with van der Waals surface area (Å²) in [4.78, 5) is 38.1. The minimum Gasteiger partial charge on any atom is -0.431 e. The van der Waals surface area contributed by atoms with Gasteiger partial charge in [-0.05, 0) is 100.0 Å². The minimum atomic E-state index is -4.55. The van der Waals surface area contributed by atoms with Gasteiger partial charge < -0.3 is 34.2 Å². The number of unbranched alkanes of at least 4 members (excludes halogenated alkanes) is 7. The first-order chi connectivity index (χ1) is 28.4. The fraction of sp³-hybridized carbons (Fsp3) is 0.462. The molecule has 0 spiro atoms. The van der Waals surface area contributed by atoms with Crippen LogP contribution in [0, 0.1) is 5.92 Å². The lowest BCUT2D eigenvalue weighted by Gasteiger charge is -2.46. The second kappa shape index (κ2) is 22.3. The van der Waals surface area contributed by atoms with Crippen LogP contribution in [0.25, 0.3) is 0 Å². The number of carbonyl (C=O) groups is 3. The Bertz CT molecular complexity index is 2150. The second-order valence-electron chi connectivity index (χ2n) is 14.1. The monoisotopic (exact) mass is 917 g/mol. The summed E-state index contributed by atoms with van der Waals surface area (Å²) in [6, 6.07) is 12.5. The highest BCUT2D eigenvalue weighted by Gasteiger charge is 2.52. The van der Waals surface area contributed by atoms with E-state index < -0.39 is 93.3 Å². The third-order valence-electron chi connectivity index (χ3n) is 9.78. The molecule has 0 heterocycles. The Balaban J connectivity index is 1.95. The van der Waals surface area contributed by atoms with Gasteiger partial charge >= 0.3 is 18.5 Å². The number of rotatable bonds is 22. The predicted octanol–water partition coefficient (Wildman–Crippen LogP) is 7.38. The molecule has 5 N–H and O–H groups in total. The summed E-state index contributed by atoms with van der Waals surface area (Å²) in [5.74, 6) is -1.51. The molecule has 22 heteroatoms. The zero-order chi connectivity index (χ0) is 45.6. The highest BCUT2D eigenvalue weighted by Crippen LogP contribution is 2.36. The summed E-state index contributed by atoms with van der Waals surface area (Å²) in [6.45, 7) is 6.32. The largest absolute Gasteiger partial charge is 0.514 e. The molecule has 0 saturated heterocycles.